The van der Waals surface area contributed by atoms with Crippen LogP contribution in [-0.4, -0.2) is 42.6 Å². The Morgan fingerprint density at radius 3 is 2.97 bits per heavy atom. The molecule has 0 unspecified atom stereocenters. The second kappa shape index (κ2) is 7.25. The van der Waals surface area contributed by atoms with Gasteiger partial charge < -0.3 is 11.1 Å². The molecular formula is C21H22N8O. The SMILES string of the molecule is Cc1ccc([C@H]2CNC(=O)C2)cc1Cn1cc(Cc2cc(N)nc3n[nH]nc23)cn1. The lowest BCUT2D eigenvalue weighted by Gasteiger charge is -2.12. The van der Waals surface area contributed by atoms with Crippen LogP contribution in [0.25, 0.3) is 11.2 Å². The quantitative estimate of drug-likeness (QED) is 0.466. The summed E-state index contributed by atoms with van der Waals surface area (Å²) in [5.41, 5.74) is 12.8. The third kappa shape index (κ3) is 3.49. The fourth-order valence-electron chi connectivity index (χ4n) is 3.99. The van der Waals surface area contributed by atoms with E-state index in [-0.39, 0.29) is 11.8 Å². The number of pyridine rings is 1. The number of nitrogen functional groups attached to an aromatic ring is 1. The zero-order chi connectivity index (χ0) is 20.7. The van der Waals surface area contributed by atoms with Crippen molar-refractivity contribution < 1.29 is 4.79 Å². The number of aryl methyl sites for hydroxylation is 1. The van der Waals surface area contributed by atoms with Gasteiger partial charge in [0.2, 0.25) is 11.6 Å². The lowest BCUT2D eigenvalue weighted by Crippen LogP contribution is -2.13. The summed E-state index contributed by atoms with van der Waals surface area (Å²) in [5, 5.41) is 18.3. The third-order valence-corrected chi connectivity index (χ3v) is 5.63. The molecule has 4 heterocycles. The Balaban J connectivity index is 1.36. The summed E-state index contributed by atoms with van der Waals surface area (Å²) in [6.45, 7) is 3.48. The number of H-pyrrole nitrogens is 1. The van der Waals surface area contributed by atoms with Gasteiger partial charge in [-0.25, -0.2) is 4.98 Å². The van der Waals surface area contributed by atoms with Crippen molar-refractivity contribution >= 4 is 22.9 Å². The Bertz CT molecular complexity index is 1240. The number of hydrogen-bond acceptors (Lipinski definition) is 6. The third-order valence-electron chi connectivity index (χ3n) is 5.63. The van der Waals surface area contributed by atoms with E-state index in [4.69, 9.17) is 5.73 Å². The first-order valence-corrected chi connectivity index (χ1v) is 9.88. The number of carbonyl (C=O) groups is 1. The number of anilines is 1. The molecule has 4 N–H and O–H groups in total. The van der Waals surface area contributed by atoms with Gasteiger partial charge in [-0.2, -0.15) is 15.4 Å². The number of nitrogens with two attached hydrogens (primary N) is 1. The average molecular weight is 402 g/mol. The van der Waals surface area contributed by atoms with E-state index in [9.17, 15) is 4.79 Å². The Labute approximate surface area is 172 Å². The average Bonchev–Trinajstić information content (AvgIpc) is 3.45. The Morgan fingerprint density at radius 2 is 2.13 bits per heavy atom. The molecule has 1 saturated heterocycles. The van der Waals surface area contributed by atoms with Crippen LogP contribution in [0.15, 0.2) is 36.7 Å². The van der Waals surface area contributed by atoms with Crippen LogP contribution in [0, 0.1) is 6.92 Å². The van der Waals surface area contributed by atoms with Crippen LogP contribution >= 0.6 is 0 Å². The largest absolute Gasteiger partial charge is 0.384 e. The Morgan fingerprint density at radius 1 is 1.23 bits per heavy atom. The molecule has 0 spiro atoms. The summed E-state index contributed by atoms with van der Waals surface area (Å²) >= 11 is 0. The van der Waals surface area contributed by atoms with Crippen molar-refractivity contribution in [2.24, 2.45) is 0 Å². The monoisotopic (exact) mass is 402 g/mol. The molecule has 0 bridgehead atoms. The van der Waals surface area contributed by atoms with E-state index in [0.29, 0.717) is 37.4 Å². The Hall–Kier alpha value is -3.75. The van der Waals surface area contributed by atoms with Gasteiger partial charge in [-0.3, -0.25) is 9.48 Å². The molecule has 1 fully saturated rings. The van der Waals surface area contributed by atoms with Crippen LogP contribution in [0.1, 0.15) is 40.2 Å². The van der Waals surface area contributed by atoms with Crippen molar-refractivity contribution in [1.29, 1.82) is 0 Å². The van der Waals surface area contributed by atoms with E-state index in [2.05, 4.69) is 55.9 Å². The van der Waals surface area contributed by atoms with Crippen molar-refractivity contribution in [2.75, 3.05) is 12.3 Å². The lowest BCUT2D eigenvalue weighted by atomic mass is 9.94. The number of hydrogen-bond donors (Lipinski definition) is 3. The zero-order valence-corrected chi connectivity index (χ0v) is 16.6. The second-order valence-corrected chi connectivity index (χ2v) is 7.82. The number of amides is 1. The summed E-state index contributed by atoms with van der Waals surface area (Å²) in [7, 11) is 0. The summed E-state index contributed by atoms with van der Waals surface area (Å²) in [6.07, 6.45) is 5.10. The van der Waals surface area contributed by atoms with Gasteiger partial charge in [0.25, 0.3) is 0 Å². The van der Waals surface area contributed by atoms with Crippen LogP contribution in [0.2, 0.25) is 0 Å². The van der Waals surface area contributed by atoms with E-state index in [1.807, 2.05) is 23.1 Å². The van der Waals surface area contributed by atoms with Crippen LogP contribution in [0.5, 0.6) is 0 Å². The zero-order valence-electron chi connectivity index (χ0n) is 16.6. The molecule has 9 nitrogen and oxygen atoms in total. The molecule has 4 aromatic rings. The Kier molecular flexibility index (Phi) is 4.42. The normalized spacial score (nSPS) is 16.3. The highest BCUT2D eigenvalue weighted by molar-refractivity contribution is 5.79. The lowest BCUT2D eigenvalue weighted by molar-refractivity contribution is -0.119. The van der Waals surface area contributed by atoms with E-state index >= 15 is 0 Å². The van der Waals surface area contributed by atoms with E-state index in [1.54, 1.807) is 0 Å². The smallest absolute Gasteiger partial charge is 0.220 e. The molecular weight excluding hydrogens is 380 g/mol. The van der Waals surface area contributed by atoms with Crippen molar-refractivity contribution in [2.45, 2.75) is 32.2 Å². The molecule has 1 atom stereocenters. The van der Waals surface area contributed by atoms with Gasteiger partial charge in [-0.1, -0.05) is 18.2 Å². The minimum atomic E-state index is 0.122. The highest BCUT2D eigenvalue weighted by Gasteiger charge is 2.23. The maximum Gasteiger partial charge on any atom is 0.220 e. The predicted octanol–water partition coefficient (Wildman–Crippen LogP) is 1.68. The second-order valence-electron chi connectivity index (χ2n) is 7.82. The van der Waals surface area contributed by atoms with Crippen molar-refractivity contribution in [3.63, 3.8) is 0 Å². The van der Waals surface area contributed by atoms with Crippen molar-refractivity contribution in [3.05, 3.63) is 64.5 Å². The molecule has 5 rings (SSSR count). The maximum atomic E-state index is 11.6. The molecule has 30 heavy (non-hydrogen) atoms. The standard InChI is InChI=1S/C21H22N8O/c1-12-2-3-14(16-7-19(30)23-9-16)5-17(12)11-29-10-13(8-24-29)4-15-6-18(22)25-21-20(15)26-28-27-21/h2-3,5-6,8,10,16H,4,7,9,11H2,1H3,(H,23,30)(H3,22,25,26,27,28)/t16-/m1/s1. The van der Waals surface area contributed by atoms with Gasteiger partial charge in [-0.05, 0) is 40.8 Å². The number of benzene rings is 1. The molecule has 9 heteroatoms. The number of rotatable bonds is 5. The van der Waals surface area contributed by atoms with Crippen LogP contribution in [0.3, 0.4) is 0 Å². The summed E-state index contributed by atoms with van der Waals surface area (Å²) in [6, 6.07) is 8.27. The molecule has 152 valence electrons. The molecule has 0 aliphatic carbocycles. The summed E-state index contributed by atoms with van der Waals surface area (Å²) in [5.74, 6) is 0.787. The number of aromatic nitrogens is 6. The first kappa shape index (κ1) is 18.3. The van der Waals surface area contributed by atoms with Gasteiger partial charge in [0, 0.05) is 31.5 Å². The summed E-state index contributed by atoms with van der Waals surface area (Å²) in [4.78, 5) is 15.7. The summed E-state index contributed by atoms with van der Waals surface area (Å²) < 4.78 is 1.93. The van der Waals surface area contributed by atoms with Gasteiger partial charge in [0.1, 0.15) is 11.3 Å². The highest BCUT2D eigenvalue weighted by atomic mass is 16.1. The minimum absolute atomic E-state index is 0.122. The van der Waals surface area contributed by atoms with Gasteiger partial charge in [-0.15, -0.1) is 5.10 Å². The first-order chi connectivity index (χ1) is 14.5. The predicted molar refractivity (Wildman–Crippen MR) is 112 cm³/mol. The number of aromatic amines is 1. The maximum absolute atomic E-state index is 11.6. The topological polar surface area (TPSA) is 127 Å². The van der Waals surface area contributed by atoms with Crippen LogP contribution < -0.4 is 11.1 Å². The van der Waals surface area contributed by atoms with E-state index in [1.165, 1.54) is 16.7 Å². The minimum Gasteiger partial charge on any atom is -0.384 e. The van der Waals surface area contributed by atoms with Crippen molar-refractivity contribution in [3.8, 4) is 0 Å². The van der Waals surface area contributed by atoms with Gasteiger partial charge in [0.05, 0.1) is 12.7 Å². The molecule has 3 aromatic heterocycles. The number of nitrogens with one attached hydrogen (secondary N) is 2. The highest BCUT2D eigenvalue weighted by Crippen LogP contribution is 2.26. The fraction of sp³-hybridized carbons (Fsp3) is 0.286. The van der Waals surface area contributed by atoms with E-state index < -0.39 is 0 Å². The fourth-order valence-corrected chi connectivity index (χ4v) is 3.99. The number of nitrogens with zero attached hydrogens (tertiary/aromatic N) is 5. The number of fused-ring (bicyclic) bond motifs is 1. The van der Waals surface area contributed by atoms with Crippen molar-refractivity contribution in [1.82, 2.24) is 35.5 Å². The molecule has 1 aliphatic heterocycles. The molecule has 0 saturated carbocycles. The molecule has 0 radical (unpaired) electrons. The molecule has 1 aliphatic rings. The number of carbonyl (C=O) groups excluding carboxylic acids is 1. The van der Waals surface area contributed by atoms with E-state index in [0.717, 1.165) is 16.6 Å². The van der Waals surface area contributed by atoms with Gasteiger partial charge in [0.15, 0.2) is 0 Å². The van der Waals surface area contributed by atoms with Gasteiger partial charge >= 0.3 is 0 Å². The molecule has 1 amide bonds. The molecule has 1 aromatic carbocycles. The van der Waals surface area contributed by atoms with Crippen LogP contribution in [-0.2, 0) is 17.8 Å². The van der Waals surface area contributed by atoms with Crippen LogP contribution in [0.4, 0.5) is 5.82 Å². The first-order valence-electron chi connectivity index (χ1n) is 9.88.